The Labute approximate surface area is 117 Å². The van der Waals surface area contributed by atoms with Gasteiger partial charge in [0.05, 0.1) is 6.10 Å². The quantitative estimate of drug-likeness (QED) is 0.424. The van der Waals surface area contributed by atoms with Crippen LogP contribution in [0.3, 0.4) is 0 Å². The molecule has 1 amide bonds. The molecule has 0 bridgehead atoms. The predicted octanol–water partition coefficient (Wildman–Crippen LogP) is 2.46. The summed E-state index contributed by atoms with van der Waals surface area (Å²) in [4.78, 5) is 11.8. The van der Waals surface area contributed by atoms with Crippen LogP contribution < -0.4 is 5.84 Å². The van der Waals surface area contributed by atoms with E-state index in [9.17, 15) is 9.90 Å². The molecule has 1 aliphatic rings. The van der Waals surface area contributed by atoms with Gasteiger partial charge >= 0.3 is 0 Å². The first kappa shape index (κ1) is 16.4. The van der Waals surface area contributed by atoms with Crippen LogP contribution in [-0.4, -0.2) is 28.7 Å². The summed E-state index contributed by atoms with van der Waals surface area (Å²) in [7, 11) is 0. The van der Waals surface area contributed by atoms with Gasteiger partial charge in [-0.3, -0.25) is 9.80 Å². The van der Waals surface area contributed by atoms with E-state index in [-0.39, 0.29) is 17.9 Å². The lowest BCUT2D eigenvalue weighted by Gasteiger charge is -2.24. The largest absolute Gasteiger partial charge is 0.393 e. The van der Waals surface area contributed by atoms with Crippen molar-refractivity contribution in [1.29, 1.82) is 0 Å². The minimum absolute atomic E-state index is 0.0702. The molecular weight excluding hydrogens is 240 g/mol. The minimum Gasteiger partial charge on any atom is -0.393 e. The summed E-state index contributed by atoms with van der Waals surface area (Å²) in [5.41, 5.74) is 0. The van der Waals surface area contributed by atoms with Crippen LogP contribution in [0.2, 0.25) is 0 Å². The average molecular weight is 270 g/mol. The molecule has 1 aliphatic carbocycles. The first-order chi connectivity index (χ1) is 9.04. The van der Waals surface area contributed by atoms with E-state index in [1.165, 1.54) is 37.1 Å². The van der Waals surface area contributed by atoms with Gasteiger partial charge in [-0.15, -0.1) is 0 Å². The van der Waals surface area contributed by atoms with Crippen molar-refractivity contribution in [3.05, 3.63) is 0 Å². The molecule has 1 saturated carbocycles. The fraction of sp³-hybridized carbons (Fsp3) is 0.933. The molecule has 0 radical (unpaired) electrons. The molecule has 112 valence electrons. The number of amides is 1. The summed E-state index contributed by atoms with van der Waals surface area (Å²) in [5.74, 6) is 6.12. The molecule has 3 N–H and O–H groups in total. The van der Waals surface area contributed by atoms with Gasteiger partial charge in [0.1, 0.15) is 0 Å². The maximum atomic E-state index is 11.8. The number of rotatable bonds is 7. The Morgan fingerprint density at radius 2 is 2.00 bits per heavy atom. The molecule has 19 heavy (non-hydrogen) atoms. The van der Waals surface area contributed by atoms with Gasteiger partial charge in [-0.25, -0.2) is 5.84 Å². The average Bonchev–Trinajstić information content (AvgIpc) is 2.44. The topological polar surface area (TPSA) is 66.6 Å². The van der Waals surface area contributed by atoms with Crippen LogP contribution in [0.15, 0.2) is 0 Å². The standard InChI is InChI=1S/C15H30N2O2/c1-3-17(16)15(19)12(2)11-14(18)10-9-13-7-5-4-6-8-13/h12-14,18H,3-11,16H2,1-2H3. The third-order valence-corrected chi connectivity index (χ3v) is 4.30. The second kappa shape index (κ2) is 8.54. The third kappa shape index (κ3) is 5.91. The van der Waals surface area contributed by atoms with Gasteiger partial charge in [-0.05, 0) is 32.1 Å². The number of hydrogen-bond donors (Lipinski definition) is 2. The van der Waals surface area contributed by atoms with Gasteiger partial charge in [0, 0.05) is 12.5 Å². The van der Waals surface area contributed by atoms with Crippen LogP contribution in [0.1, 0.15) is 65.2 Å². The molecule has 0 aromatic heterocycles. The maximum Gasteiger partial charge on any atom is 0.239 e. The highest BCUT2D eigenvalue weighted by Crippen LogP contribution is 2.28. The van der Waals surface area contributed by atoms with Crippen LogP contribution in [0.25, 0.3) is 0 Å². The molecule has 1 rings (SSSR count). The summed E-state index contributed by atoms with van der Waals surface area (Å²) in [5, 5.41) is 11.3. The van der Waals surface area contributed by atoms with Crippen molar-refractivity contribution in [2.45, 2.75) is 71.3 Å². The number of carbonyl (C=O) groups excluding carboxylic acids is 1. The molecule has 2 atom stereocenters. The highest BCUT2D eigenvalue weighted by molar-refractivity contribution is 5.77. The summed E-state index contributed by atoms with van der Waals surface area (Å²) in [6.07, 6.45) is 8.75. The van der Waals surface area contributed by atoms with Crippen LogP contribution in [0, 0.1) is 11.8 Å². The van der Waals surface area contributed by atoms with Crippen LogP contribution in [0.4, 0.5) is 0 Å². The molecule has 4 heteroatoms. The minimum atomic E-state index is -0.369. The van der Waals surface area contributed by atoms with E-state index in [0.29, 0.717) is 13.0 Å². The SMILES string of the molecule is CCN(N)C(=O)C(C)CC(O)CCC1CCCCC1. The van der Waals surface area contributed by atoms with Crippen LogP contribution >= 0.6 is 0 Å². The van der Waals surface area contributed by atoms with Gasteiger partial charge in [-0.1, -0.05) is 39.0 Å². The van der Waals surface area contributed by atoms with Crippen molar-refractivity contribution in [3.8, 4) is 0 Å². The van der Waals surface area contributed by atoms with E-state index in [4.69, 9.17) is 5.84 Å². The van der Waals surface area contributed by atoms with E-state index in [0.717, 1.165) is 18.8 Å². The van der Waals surface area contributed by atoms with Gasteiger partial charge in [0.15, 0.2) is 0 Å². The molecule has 0 aromatic rings. The molecule has 0 spiro atoms. The normalized spacial score (nSPS) is 20.0. The van der Waals surface area contributed by atoms with Crippen LogP contribution in [-0.2, 0) is 4.79 Å². The highest BCUT2D eigenvalue weighted by Gasteiger charge is 2.21. The second-order valence-corrected chi connectivity index (χ2v) is 6.00. The van der Waals surface area contributed by atoms with Gasteiger partial charge in [0.2, 0.25) is 5.91 Å². The zero-order valence-electron chi connectivity index (χ0n) is 12.5. The number of aliphatic hydroxyl groups is 1. The Hall–Kier alpha value is -0.610. The summed E-state index contributed by atoms with van der Waals surface area (Å²) in [6, 6.07) is 0. The van der Waals surface area contributed by atoms with E-state index in [2.05, 4.69) is 0 Å². The molecule has 0 heterocycles. The number of hydrazine groups is 1. The van der Waals surface area contributed by atoms with Crippen molar-refractivity contribution in [2.24, 2.45) is 17.7 Å². The molecule has 0 aromatic carbocycles. The first-order valence-electron chi connectivity index (χ1n) is 7.78. The van der Waals surface area contributed by atoms with Crippen molar-refractivity contribution in [1.82, 2.24) is 5.01 Å². The predicted molar refractivity (Wildman–Crippen MR) is 77.2 cm³/mol. The lowest BCUT2D eigenvalue weighted by molar-refractivity contribution is -0.136. The Balaban J connectivity index is 2.22. The lowest BCUT2D eigenvalue weighted by atomic mass is 9.85. The molecule has 0 saturated heterocycles. The van der Waals surface area contributed by atoms with E-state index in [1.54, 1.807) is 0 Å². The van der Waals surface area contributed by atoms with Gasteiger partial charge < -0.3 is 5.11 Å². The Morgan fingerprint density at radius 1 is 1.37 bits per heavy atom. The molecule has 2 unspecified atom stereocenters. The number of hydrogen-bond acceptors (Lipinski definition) is 3. The second-order valence-electron chi connectivity index (χ2n) is 6.00. The van der Waals surface area contributed by atoms with E-state index >= 15 is 0 Å². The zero-order chi connectivity index (χ0) is 14.3. The highest BCUT2D eigenvalue weighted by atomic mass is 16.3. The lowest BCUT2D eigenvalue weighted by Crippen LogP contribution is -2.41. The fourth-order valence-corrected chi connectivity index (χ4v) is 2.97. The number of carbonyl (C=O) groups is 1. The van der Waals surface area contributed by atoms with Crippen LogP contribution in [0.5, 0.6) is 0 Å². The van der Waals surface area contributed by atoms with Gasteiger partial charge in [-0.2, -0.15) is 0 Å². The third-order valence-electron chi connectivity index (χ3n) is 4.30. The monoisotopic (exact) mass is 270 g/mol. The Bertz CT molecular complexity index is 265. The molecule has 1 fully saturated rings. The molecule has 0 aliphatic heterocycles. The van der Waals surface area contributed by atoms with Gasteiger partial charge in [0.25, 0.3) is 0 Å². The van der Waals surface area contributed by atoms with Crippen molar-refractivity contribution < 1.29 is 9.90 Å². The fourth-order valence-electron chi connectivity index (χ4n) is 2.97. The molecule has 4 nitrogen and oxygen atoms in total. The smallest absolute Gasteiger partial charge is 0.239 e. The summed E-state index contributed by atoms with van der Waals surface area (Å²) < 4.78 is 0. The zero-order valence-corrected chi connectivity index (χ0v) is 12.5. The van der Waals surface area contributed by atoms with Crippen molar-refractivity contribution >= 4 is 5.91 Å². The Kier molecular flexibility index (Phi) is 7.39. The number of aliphatic hydroxyl groups excluding tert-OH is 1. The first-order valence-corrected chi connectivity index (χ1v) is 7.78. The summed E-state index contributed by atoms with van der Waals surface area (Å²) in [6.45, 7) is 4.22. The number of nitrogens with zero attached hydrogens (tertiary/aromatic N) is 1. The van der Waals surface area contributed by atoms with E-state index in [1.807, 2.05) is 13.8 Å². The maximum absolute atomic E-state index is 11.8. The Morgan fingerprint density at radius 3 is 2.58 bits per heavy atom. The van der Waals surface area contributed by atoms with E-state index < -0.39 is 0 Å². The number of nitrogens with two attached hydrogens (primary N) is 1. The van der Waals surface area contributed by atoms with Crippen molar-refractivity contribution in [3.63, 3.8) is 0 Å². The van der Waals surface area contributed by atoms with Crippen molar-refractivity contribution in [2.75, 3.05) is 6.54 Å². The molecular formula is C15H30N2O2. The summed E-state index contributed by atoms with van der Waals surface area (Å²) >= 11 is 0.